The minimum Gasteiger partial charge on any atom is -0.370 e. The predicted molar refractivity (Wildman–Crippen MR) is 118 cm³/mol. The lowest BCUT2D eigenvalue weighted by atomic mass is 9.92. The quantitative estimate of drug-likeness (QED) is 0.622. The summed E-state index contributed by atoms with van der Waals surface area (Å²) in [6.07, 6.45) is 7.31. The number of hydrogen-bond acceptors (Lipinski definition) is 3. The van der Waals surface area contributed by atoms with Crippen molar-refractivity contribution < 1.29 is 4.79 Å². The Labute approximate surface area is 171 Å². The van der Waals surface area contributed by atoms with Gasteiger partial charge in [0.15, 0.2) is 0 Å². The molecule has 2 aromatic carbocycles. The van der Waals surface area contributed by atoms with Crippen molar-refractivity contribution in [2.45, 2.75) is 25.7 Å². The highest BCUT2D eigenvalue weighted by molar-refractivity contribution is 6.03. The average molecular weight is 386 g/mol. The second kappa shape index (κ2) is 8.78. The number of para-hydroxylation sites is 2. The molecular weight excluding hydrogens is 360 g/mol. The molecular formula is C24H26N4O. The summed E-state index contributed by atoms with van der Waals surface area (Å²) in [7, 11) is 0. The fourth-order valence-electron chi connectivity index (χ4n) is 3.94. The molecule has 3 aromatic rings. The molecule has 2 heterocycles. The Morgan fingerprint density at radius 2 is 1.83 bits per heavy atom. The van der Waals surface area contributed by atoms with Gasteiger partial charge in [-0.3, -0.25) is 4.79 Å². The van der Waals surface area contributed by atoms with Gasteiger partial charge in [-0.05, 0) is 43.5 Å². The zero-order chi connectivity index (χ0) is 20.1. The molecule has 5 nitrogen and oxygen atoms in total. The Balaban J connectivity index is 1.41. The molecule has 0 atom stereocenters. The number of anilines is 2. The molecule has 29 heavy (non-hydrogen) atoms. The molecule has 0 aliphatic carbocycles. The van der Waals surface area contributed by atoms with Crippen LogP contribution in [0, 0.1) is 6.92 Å². The van der Waals surface area contributed by atoms with Gasteiger partial charge < -0.3 is 15.2 Å². The Hall–Kier alpha value is -3.34. The number of carbonyl (C=O) groups is 1. The molecule has 1 fully saturated rings. The normalized spacial score (nSPS) is 15.0. The molecule has 0 bridgehead atoms. The van der Waals surface area contributed by atoms with Gasteiger partial charge in [-0.15, -0.1) is 0 Å². The number of aromatic nitrogens is 2. The first kappa shape index (κ1) is 19.0. The lowest BCUT2D eigenvalue weighted by Crippen LogP contribution is -2.33. The van der Waals surface area contributed by atoms with Crippen LogP contribution in [-0.4, -0.2) is 29.0 Å². The first-order chi connectivity index (χ1) is 14.2. The minimum atomic E-state index is -0.122. The number of H-pyrrole nitrogens is 1. The monoisotopic (exact) mass is 386 g/mol. The van der Waals surface area contributed by atoms with Crippen LogP contribution in [0.3, 0.4) is 0 Å². The van der Waals surface area contributed by atoms with E-state index in [0.29, 0.717) is 5.92 Å². The average Bonchev–Trinajstić information content (AvgIpc) is 3.19. The second-order valence-corrected chi connectivity index (χ2v) is 7.42. The van der Waals surface area contributed by atoms with Crippen molar-refractivity contribution in [3.05, 3.63) is 84.0 Å². The van der Waals surface area contributed by atoms with Crippen LogP contribution >= 0.6 is 0 Å². The molecule has 1 saturated heterocycles. The second-order valence-electron chi connectivity index (χ2n) is 7.42. The van der Waals surface area contributed by atoms with Crippen LogP contribution < -0.4 is 10.2 Å². The van der Waals surface area contributed by atoms with Crippen molar-refractivity contribution >= 4 is 23.4 Å². The van der Waals surface area contributed by atoms with Crippen LogP contribution in [0.1, 0.15) is 35.7 Å². The first-order valence-corrected chi connectivity index (χ1v) is 10.1. The Kier molecular flexibility index (Phi) is 5.75. The molecule has 1 amide bonds. The van der Waals surface area contributed by atoms with Crippen LogP contribution in [-0.2, 0) is 4.79 Å². The van der Waals surface area contributed by atoms with Crippen molar-refractivity contribution in [2.24, 2.45) is 0 Å². The molecule has 0 unspecified atom stereocenters. The maximum Gasteiger partial charge on any atom is 0.248 e. The van der Waals surface area contributed by atoms with Gasteiger partial charge in [0.1, 0.15) is 0 Å². The lowest BCUT2D eigenvalue weighted by molar-refractivity contribution is -0.111. The van der Waals surface area contributed by atoms with E-state index in [0.717, 1.165) is 42.9 Å². The molecule has 4 rings (SSSR count). The number of nitrogens with one attached hydrogen (secondary N) is 2. The van der Waals surface area contributed by atoms with E-state index in [1.807, 2.05) is 54.6 Å². The highest BCUT2D eigenvalue weighted by atomic mass is 16.1. The number of rotatable bonds is 5. The smallest absolute Gasteiger partial charge is 0.248 e. The molecule has 0 saturated carbocycles. The summed E-state index contributed by atoms with van der Waals surface area (Å²) in [5.41, 5.74) is 5.29. The van der Waals surface area contributed by atoms with Crippen molar-refractivity contribution in [1.29, 1.82) is 0 Å². The van der Waals surface area contributed by atoms with Gasteiger partial charge in [0.05, 0.1) is 23.4 Å². The highest BCUT2D eigenvalue weighted by Gasteiger charge is 2.24. The van der Waals surface area contributed by atoms with Crippen LogP contribution in [0.25, 0.3) is 6.08 Å². The van der Waals surface area contributed by atoms with E-state index >= 15 is 0 Å². The molecule has 1 aliphatic rings. The molecule has 2 N–H and O–H groups in total. The number of piperidine rings is 1. The number of nitrogens with zero attached hydrogens (tertiary/aromatic N) is 2. The zero-order valence-electron chi connectivity index (χ0n) is 16.6. The summed E-state index contributed by atoms with van der Waals surface area (Å²) >= 11 is 0. The molecule has 0 spiro atoms. The predicted octanol–water partition coefficient (Wildman–Crippen LogP) is 4.75. The van der Waals surface area contributed by atoms with Crippen molar-refractivity contribution in [3.63, 3.8) is 0 Å². The summed E-state index contributed by atoms with van der Waals surface area (Å²) in [5, 5.41) is 3.04. The topological polar surface area (TPSA) is 61.0 Å². The first-order valence-electron chi connectivity index (χ1n) is 10.1. The van der Waals surface area contributed by atoms with Gasteiger partial charge in [-0.2, -0.15) is 0 Å². The van der Waals surface area contributed by atoms with E-state index in [9.17, 15) is 4.79 Å². The maximum atomic E-state index is 12.4. The molecule has 0 radical (unpaired) electrons. The third-order valence-corrected chi connectivity index (χ3v) is 5.48. The number of imidazole rings is 1. The molecule has 1 aliphatic heterocycles. The van der Waals surface area contributed by atoms with Gasteiger partial charge in [-0.1, -0.05) is 42.5 Å². The standard InChI is InChI=1S/C24H26N4O/c1-18-24(26-17-25-18)20-13-15-28(16-14-20)22-10-6-5-9-21(22)27-23(29)12-11-19-7-3-2-4-8-19/h2-12,17,20H,13-16H2,1H3,(H,25,26)(H,27,29). The zero-order valence-corrected chi connectivity index (χ0v) is 16.6. The summed E-state index contributed by atoms with van der Waals surface area (Å²) in [4.78, 5) is 22.5. The maximum absolute atomic E-state index is 12.4. The highest BCUT2D eigenvalue weighted by Crippen LogP contribution is 2.33. The third-order valence-electron chi connectivity index (χ3n) is 5.48. The molecule has 1 aromatic heterocycles. The Morgan fingerprint density at radius 3 is 2.55 bits per heavy atom. The van der Waals surface area contributed by atoms with Gasteiger partial charge in [0, 0.05) is 30.8 Å². The number of aromatic amines is 1. The molecule has 5 heteroatoms. The number of carbonyl (C=O) groups excluding carboxylic acids is 1. The number of aryl methyl sites for hydroxylation is 1. The minimum absolute atomic E-state index is 0.122. The summed E-state index contributed by atoms with van der Waals surface area (Å²) < 4.78 is 0. The Morgan fingerprint density at radius 1 is 1.10 bits per heavy atom. The van der Waals surface area contributed by atoms with Crippen LogP contribution in [0.4, 0.5) is 11.4 Å². The van der Waals surface area contributed by atoms with Gasteiger partial charge in [-0.25, -0.2) is 4.98 Å². The van der Waals surface area contributed by atoms with E-state index in [2.05, 4.69) is 33.2 Å². The summed E-state index contributed by atoms with van der Waals surface area (Å²) in [6.45, 7) is 3.98. The van der Waals surface area contributed by atoms with Crippen molar-refractivity contribution in [2.75, 3.05) is 23.3 Å². The number of benzene rings is 2. The Bertz CT molecular complexity index is 985. The lowest BCUT2D eigenvalue weighted by Gasteiger charge is -2.34. The van der Waals surface area contributed by atoms with E-state index < -0.39 is 0 Å². The summed E-state index contributed by atoms with van der Waals surface area (Å²) in [6, 6.07) is 17.9. The van der Waals surface area contributed by atoms with Crippen molar-refractivity contribution in [3.8, 4) is 0 Å². The van der Waals surface area contributed by atoms with Gasteiger partial charge in [0.2, 0.25) is 5.91 Å². The molecule has 148 valence electrons. The number of amides is 1. The van der Waals surface area contributed by atoms with E-state index in [-0.39, 0.29) is 5.91 Å². The van der Waals surface area contributed by atoms with Crippen LogP contribution in [0.2, 0.25) is 0 Å². The van der Waals surface area contributed by atoms with E-state index in [1.165, 1.54) is 11.4 Å². The van der Waals surface area contributed by atoms with Crippen molar-refractivity contribution in [1.82, 2.24) is 9.97 Å². The SMILES string of the molecule is Cc1[nH]cnc1C1CCN(c2ccccc2NC(=O)C=Cc2ccccc2)CC1. The summed E-state index contributed by atoms with van der Waals surface area (Å²) in [5.74, 6) is 0.372. The largest absolute Gasteiger partial charge is 0.370 e. The fraction of sp³-hybridized carbons (Fsp3) is 0.250. The van der Waals surface area contributed by atoms with Crippen LogP contribution in [0.15, 0.2) is 67.0 Å². The van der Waals surface area contributed by atoms with E-state index in [4.69, 9.17) is 0 Å². The van der Waals surface area contributed by atoms with Crippen LogP contribution in [0.5, 0.6) is 0 Å². The third kappa shape index (κ3) is 4.57. The fourth-order valence-corrected chi connectivity index (χ4v) is 3.94. The number of hydrogen-bond donors (Lipinski definition) is 2. The van der Waals surface area contributed by atoms with Gasteiger partial charge >= 0.3 is 0 Å². The van der Waals surface area contributed by atoms with Gasteiger partial charge in [0.25, 0.3) is 0 Å². The van der Waals surface area contributed by atoms with E-state index in [1.54, 1.807) is 12.4 Å².